The topological polar surface area (TPSA) is 49.3 Å². The summed E-state index contributed by atoms with van der Waals surface area (Å²) in [5.74, 6) is -0.385. The average molecular weight is 293 g/mol. The standard InChI is InChI=1S/C10H12NO2S2.V/c1-11-9(10(12)13)7-14-15-8-5-3-2-4-6-8;/h2-6,9,11H,1,7H2,(H,12,13);/q-1;. The van der Waals surface area contributed by atoms with E-state index in [2.05, 4.69) is 12.4 Å². The Labute approximate surface area is 115 Å². The molecule has 0 spiro atoms. The molecule has 0 heterocycles. The summed E-state index contributed by atoms with van der Waals surface area (Å²) in [7, 11) is 6.45. The second kappa shape index (κ2) is 9.02. The number of carbonyl (C=O) groups is 1. The van der Waals surface area contributed by atoms with Crippen LogP contribution in [0.15, 0.2) is 35.2 Å². The Balaban J connectivity index is 0.00000225. The molecule has 0 bridgehead atoms. The van der Waals surface area contributed by atoms with Gasteiger partial charge in [-0.25, -0.2) is 0 Å². The molecule has 16 heavy (non-hydrogen) atoms. The van der Waals surface area contributed by atoms with Gasteiger partial charge in [0.2, 0.25) is 0 Å². The molecule has 0 saturated heterocycles. The molecule has 0 amide bonds. The first-order valence-corrected chi connectivity index (χ1v) is 6.66. The van der Waals surface area contributed by atoms with E-state index in [1.54, 1.807) is 10.8 Å². The number of carboxylic acid groups (broad SMARTS) is 1. The Morgan fingerprint density at radius 3 is 2.56 bits per heavy atom. The molecule has 87 valence electrons. The summed E-state index contributed by atoms with van der Waals surface area (Å²) in [6.45, 7) is 0. The molecule has 0 fully saturated rings. The van der Waals surface area contributed by atoms with Crippen LogP contribution in [0.5, 0.6) is 0 Å². The van der Waals surface area contributed by atoms with Crippen molar-refractivity contribution in [3.05, 3.63) is 37.4 Å². The van der Waals surface area contributed by atoms with Gasteiger partial charge in [-0.2, -0.15) is 0 Å². The van der Waals surface area contributed by atoms with Crippen LogP contribution in [-0.2, 0) is 23.4 Å². The third-order valence-corrected chi connectivity index (χ3v) is 4.07. The molecule has 1 aromatic rings. The number of benzene rings is 1. The summed E-state index contributed by atoms with van der Waals surface area (Å²) in [4.78, 5) is 11.8. The van der Waals surface area contributed by atoms with Crippen LogP contribution in [0.1, 0.15) is 0 Å². The van der Waals surface area contributed by atoms with Crippen LogP contribution in [0.2, 0.25) is 0 Å². The van der Waals surface area contributed by atoms with Crippen LogP contribution in [0, 0.1) is 7.05 Å². The number of nitrogens with one attached hydrogen (secondary N) is 1. The molecule has 0 aromatic heterocycles. The van der Waals surface area contributed by atoms with Crippen LogP contribution < -0.4 is 5.32 Å². The summed E-state index contributed by atoms with van der Waals surface area (Å²) >= 11 is 0. The van der Waals surface area contributed by atoms with Crippen molar-refractivity contribution in [3.8, 4) is 0 Å². The molecular weight excluding hydrogens is 281 g/mol. The van der Waals surface area contributed by atoms with E-state index in [-0.39, 0.29) is 18.6 Å². The van der Waals surface area contributed by atoms with E-state index >= 15 is 0 Å². The zero-order chi connectivity index (χ0) is 11.1. The summed E-state index contributed by atoms with van der Waals surface area (Å²) in [5.41, 5.74) is 0. The van der Waals surface area contributed by atoms with E-state index in [1.165, 1.54) is 10.8 Å². The van der Waals surface area contributed by atoms with Gasteiger partial charge < -0.3 is 10.4 Å². The second-order valence-electron chi connectivity index (χ2n) is 2.78. The van der Waals surface area contributed by atoms with Gasteiger partial charge >= 0.3 is 5.97 Å². The minimum absolute atomic E-state index is 0. The van der Waals surface area contributed by atoms with Crippen molar-refractivity contribution in [1.82, 2.24) is 5.32 Å². The van der Waals surface area contributed by atoms with Gasteiger partial charge in [0.05, 0.1) is 6.04 Å². The fraction of sp³-hybridized carbons (Fsp3) is 0.200. The normalized spacial score (nSPS) is 11.6. The van der Waals surface area contributed by atoms with Gasteiger partial charge in [-0.3, -0.25) is 11.8 Å². The van der Waals surface area contributed by atoms with E-state index in [9.17, 15) is 4.79 Å². The van der Waals surface area contributed by atoms with Crippen molar-refractivity contribution >= 4 is 27.6 Å². The third-order valence-electron chi connectivity index (χ3n) is 1.68. The number of hydrogen-bond acceptors (Lipinski definition) is 4. The molecule has 1 aromatic carbocycles. The van der Waals surface area contributed by atoms with Crippen molar-refractivity contribution in [2.75, 3.05) is 5.75 Å². The van der Waals surface area contributed by atoms with Crippen LogP contribution in [0.4, 0.5) is 0 Å². The van der Waals surface area contributed by atoms with E-state index in [0.29, 0.717) is 5.75 Å². The average Bonchev–Trinajstić information content (AvgIpc) is 2.25. The molecule has 1 rings (SSSR count). The maximum atomic E-state index is 10.6. The fourth-order valence-corrected chi connectivity index (χ4v) is 3.09. The number of aliphatic carboxylic acids is 1. The van der Waals surface area contributed by atoms with Gasteiger partial charge in [-0.1, -0.05) is 39.8 Å². The summed E-state index contributed by atoms with van der Waals surface area (Å²) in [6.07, 6.45) is 0. The van der Waals surface area contributed by atoms with Crippen LogP contribution >= 0.6 is 21.6 Å². The van der Waals surface area contributed by atoms with Gasteiger partial charge in [-0.15, -0.1) is 0 Å². The molecule has 0 aliphatic rings. The van der Waals surface area contributed by atoms with E-state index in [4.69, 9.17) is 5.11 Å². The van der Waals surface area contributed by atoms with Crippen LogP contribution in [-0.4, -0.2) is 22.9 Å². The molecule has 1 radical (unpaired) electrons. The number of rotatable bonds is 6. The van der Waals surface area contributed by atoms with Crippen molar-refractivity contribution in [1.29, 1.82) is 0 Å². The summed E-state index contributed by atoms with van der Waals surface area (Å²) < 4.78 is 0. The van der Waals surface area contributed by atoms with Crippen molar-refractivity contribution in [2.45, 2.75) is 10.9 Å². The number of hydrogen-bond donors (Lipinski definition) is 2. The molecule has 0 saturated carbocycles. The molecule has 0 aliphatic heterocycles. The maximum Gasteiger partial charge on any atom is 0.319 e. The quantitative estimate of drug-likeness (QED) is 0.622. The third kappa shape index (κ3) is 5.87. The SMILES string of the molecule is [CH2-]NC(CSSc1ccccc1)C(=O)O.[V]. The first-order valence-electron chi connectivity index (χ1n) is 4.34. The van der Waals surface area contributed by atoms with Gasteiger partial charge in [0.15, 0.2) is 0 Å². The van der Waals surface area contributed by atoms with Gasteiger partial charge in [0.1, 0.15) is 0 Å². The Kier molecular flexibility index (Phi) is 8.98. The minimum atomic E-state index is -0.869. The molecular formula is C10H12NO2S2V-. The van der Waals surface area contributed by atoms with E-state index < -0.39 is 12.0 Å². The predicted molar refractivity (Wildman–Crippen MR) is 64.7 cm³/mol. The molecule has 1 unspecified atom stereocenters. The first-order chi connectivity index (χ1) is 7.24. The van der Waals surface area contributed by atoms with Crippen molar-refractivity contribution in [2.24, 2.45) is 0 Å². The molecule has 3 nitrogen and oxygen atoms in total. The van der Waals surface area contributed by atoms with Gasteiger partial charge in [0.25, 0.3) is 0 Å². The number of carboxylic acids is 1. The maximum absolute atomic E-state index is 10.6. The summed E-state index contributed by atoms with van der Waals surface area (Å²) in [5, 5.41) is 11.2. The van der Waals surface area contributed by atoms with Gasteiger partial charge in [-0.05, 0) is 12.1 Å². The van der Waals surface area contributed by atoms with Crippen LogP contribution in [0.25, 0.3) is 0 Å². The largest absolute Gasteiger partial charge is 0.480 e. The van der Waals surface area contributed by atoms with E-state index in [1.807, 2.05) is 30.3 Å². The Hall–Kier alpha value is -0.0656. The van der Waals surface area contributed by atoms with Gasteiger partial charge in [0, 0.05) is 29.2 Å². The minimum Gasteiger partial charge on any atom is -0.480 e. The fourth-order valence-electron chi connectivity index (χ4n) is 0.864. The molecule has 0 aliphatic carbocycles. The van der Waals surface area contributed by atoms with Crippen molar-refractivity contribution in [3.63, 3.8) is 0 Å². The zero-order valence-electron chi connectivity index (χ0n) is 8.50. The predicted octanol–water partition coefficient (Wildman–Crippen LogP) is 2.26. The Morgan fingerprint density at radius 1 is 1.44 bits per heavy atom. The first kappa shape index (κ1) is 15.9. The molecule has 1 atom stereocenters. The summed E-state index contributed by atoms with van der Waals surface area (Å²) in [6, 6.07) is 9.25. The van der Waals surface area contributed by atoms with E-state index in [0.717, 1.165) is 4.90 Å². The van der Waals surface area contributed by atoms with Crippen molar-refractivity contribution < 1.29 is 28.5 Å². The smallest absolute Gasteiger partial charge is 0.319 e. The molecule has 2 N–H and O–H groups in total. The zero-order valence-corrected chi connectivity index (χ0v) is 11.5. The second-order valence-corrected chi connectivity index (χ2v) is 5.19. The Bertz CT molecular complexity index is 311. The Morgan fingerprint density at radius 2 is 2.06 bits per heavy atom. The van der Waals surface area contributed by atoms with Crippen LogP contribution in [0.3, 0.4) is 0 Å². The monoisotopic (exact) mass is 293 g/mol. The molecule has 6 heteroatoms.